The van der Waals surface area contributed by atoms with Crippen LogP contribution in [-0.2, 0) is 0 Å². The fourth-order valence-corrected chi connectivity index (χ4v) is 1.27. The summed E-state index contributed by atoms with van der Waals surface area (Å²) < 4.78 is 0.341. The zero-order chi connectivity index (χ0) is 12.5. The monoisotopic (exact) mass is 228 g/mol. The summed E-state index contributed by atoms with van der Waals surface area (Å²) in [6, 6.07) is 0. The molecule has 16 heavy (non-hydrogen) atoms. The van der Waals surface area contributed by atoms with Crippen molar-refractivity contribution in [3.63, 3.8) is 0 Å². The predicted octanol–water partition coefficient (Wildman–Crippen LogP) is 0.449. The quantitative estimate of drug-likeness (QED) is 0.346. The molecule has 0 radical (unpaired) electrons. The average molecular weight is 228 g/mol. The molecule has 1 heterocycles. The van der Waals surface area contributed by atoms with Crippen molar-refractivity contribution in [3.8, 4) is 0 Å². The number of anilines is 1. The SMILES string of the molecule is Cc1c[n+]([O-])c(C)c(N[N+](=O)[O-])c1[N+](=O)[O-]. The Hall–Kier alpha value is -2.45. The van der Waals surface area contributed by atoms with Gasteiger partial charge < -0.3 is 5.21 Å². The number of nitrogens with one attached hydrogen (secondary N) is 1. The Labute approximate surface area is 89.2 Å². The third kappa shape index (κ3) is 1.97. The normalized spacial score (nSPS) is 9.88. The number of hydrogen-bond acceptors (Lipinski definition) is 5. The van der Waals surface area contributed by atoms with Crippen LogP contribution in [0.3, 0.4) is 0 Å². The van der Waals surface area contributed by atoms with Crippen LogP contribution in [0.1, 0.15) is 11.3 Å². The molecular weight excluding hydrogens is 220 g/mol. The molecule has 0 aliphatic heterocycles. The topological polar surface area (TPSA) is 125 Å². The van der Waals surface area contributed by atoms with E-state index >= 15 is 0 Å². The molecule has 0 unspecified atom stereocenters. The summed E-state index contributed by atoms with van der Waals surface area (Å²) in [6.07, 6.45) is 0.999. The van der Waals surface area contributed by atoms with Crippen LogP contribution in [0.5, 0.6) is 0 Å². The Morgan fingerprint density at radius 3 is 2.31 bits per heavy atom. The van der Waals surface area contributed by atoms with Crippen LogP contribution in [0, 0.1) is 39.3 Å². The molecule has 0 fully saturated rings. The lowest BCUT2D eigenvalue weighted by Crippen LogP contribution is -2.32. The highest BCUT2D eigenvalue weighted by molar-refractivity contribution is 5.64. The van der Waals surface area contributed by atoms with Gasteiger partial charge in [-0.1, -0.05) is 5.43 Å². The van der Waals surface area contributed by atoms with E-state index in [0.29, 0.717) is 4.73 Å². The Morgan fingerprint density at radius 1 is 1.31 bits per heavy atom. The highest BCUT2D eigenvalue weighted by Gasteiger charge is 2.28. The summed E-state index contributed by atoms with van der Waals surface area (Å²) in [6.45, 7) is 2.59. The molecule has 0 saturated carbocycles. The van der Waals surface area contributed by atoms with Crippen molar-refractivity contribution in [1.82, 2.24) is 0 Å². The number of hydrazine groups is 1. The van der Waals surface area contributed by atoms with Crippen LogP contribution in [0.15, 0.2) is 6.20 Å². The third-order valence-electron chi connectivity index (χ3n) is 2.00. The number of aryl methyl sites for hydroxylation is 1. The van der Waals surface area contributed by atoms with Crippen LogP contribution >= 0.6 is 0 Å². The molecule has 0 spiro atoms. The molecule has 0 aromatic carbocycles. The molecule has 1 N–H and O–H groups in total. The molecule has 0 saturated heterocycles. The fourth-order valence-electron chi connectivity index (χ4n) is 1.27. The second kappa shape index (κ2) is 3.96. The van der Waals surface area contributed by atoms with Gasteiger partial charge in [0.15, 0.2) is 11.2 Å². The van der Waals surface area contributed by atoms with Gasteiger partial charge in [-0.05, 0) is 6.92 Å². The maximum absolute atomic E-state index is 11.2. The first-order valence-electron chi connectivity index (χ1n) is 4.13. The van der Waals surface area contributed by atoms with E-state index in [9.17, 15) is 25.4 Å². The standard InChI is InChI=1S/C7H8N4O5/c1-4-3-9(12)5(2)6(8-11(15)16)7(4)10(13)14/h3,8H,1-2H3. The summed E-state index contributed by atoms with van der Waals surface area (Å²) in [7, 11) is 0. The van der Waals surface area contributed by atoms with E-state index in [4.69, 9.17) is 0 Å². The molecule has 0 amide bonds. The van der Waals surface area contributed by atoms with Crippen molar-refractivity contribution in [1.29, 1.82) is 0 Å². The Balaban J connectivity index is 3.51. The van der Waals surface area contributed by atoms with E-state index in [1.807, 2.05) is 0 Å². The van der Waals surface area contributed by atoms with Gasteiger partial charge in [-0.3, -0.25) is 10.1 Å². The van der Waals surface area contributed by atoms with Gasteiger partial charge in [0.05, 0.1) is 10.5 Å². The Morgan fingerprint density at radius 2 is 1.88 bits per heavy atom. The van der Waals surface area contributed by atoms with Crippen molar-refractivity contribution >= 4 is 11.4 Å². The molecule has 1 aromatic heterocycles. The van der Waals surface area contributed by atoms with Crippen molar-refractivity contribution in [2.45, 2.75) is 13.8 Å². The fraction of sp³-hybridized carbons (Fsp3) is 0.286. The largest absolute Gasteiger partial charge is 0.618 e. The van der Waals surface area contributed by atoms with E-state index in [1.165, 1.54) is 13.8 Å². The Kier molecular flexibility index (Phi) is 2.88. The van der Waals surface area contributed by atoms with Crippen LogP contribution in [-0.4, -0.2) is 9.96 Å². The Bertz CT molecular complexity index is 472. The summed E-state index contributed by atoms with van der Waals surface area (Å²) in [5.41, 5.74) is 0.716. The maximum atomic E-state index is 11.2. The van der Waals surface area contributed by atoms with Crippen LogP contribution in [0.4, 0.5) is 11.4 Å². The predicted molar refractivity (Wildman–Crippen MR) is 52.1 cm³/mol. The summed E-state index contributed by atoms with van der Waals surface area (Å²) in [5.74, 6) is 0. The van der Waals surface area contributed by atoms with Crippen molar-refractivity contribution < 1.29 is 14.7 Å². The lowest BCUT2D eigenvalue weighted by atomic mass is 10.2. The van der Waals surface area contributed by atoms with Gasteiger partial charge in [0, 0.05) is 6.92 Å². The number of nitro groups is 2. The van der Waals surface area contributed by atoms with Gasteiger partial charge in [-0.2, -0.15) is 4.73 Å². The van der Waals surface area contributed by atoms with Crippen molar-refractivity contribution in [2.75, 3.05) is 5.43 Å². The van der Waals surface area contributed by atoms with Crippen LogP contribution in [0.25, 0.3) is 0 Å². The molecule has 9 nitrogen and oxygen atoms in total. The highest BCUT2D eigenvalue weighted by atomic mass is 16.7. The number of rotatable bonds is 3. The minimum absolute atomic E-state index is 0.0509. The minimum Gasteiger partial charge on any atom is -0.618 e. The van der Waals surface area contributed by atoms with E-state index in [-0.39, 0.29) is 11.3 Å². The zero-order valence-electron chi connectivity index (χ0n) is 8.46. The van der Waals surface area contributed by atoms with E-state index in [2.05, 4.69) is 0 Å². The highest BCUT2D eigenvalue weighted by Crippen LogP contribution is 2.28. The molecule has 9 heteroatoms. The van der Waals surface area contributed by atoms with Gasteiger partial charge >= 0.3 is 5.69 Å². The maximum Gasteiger partial charge on any atom is 0.313 e. The summed E-state index contributed by atoms with van der Waals surface area (Å²) >= 11 is 0. The van der Waals surface area contributed by atoms with Gasteiger partial charge in [-0.15, -0.1) is 0 Å². The van der Waals surface area contributed by atoms with Crippen molar-refractivity contribution in [2.24, 2.45) is 0 Å². The number of pyridine rings is 1. The average Bonchev–Trinajstić information content (AvgIpc) is 2.12. The molecule has 86 valence electrons. The summed E-state index contributed by atoms with van der Waals surface area (Å²) in [5, 5.41) is 31.3. The zero-order valence-corrected chi connectivity index (χ0v) is 8.46. The summed E-state index contributed by atoms with van der Waals surface area (Å²) in [4.78, 5) is 20.2. The molecule has 0 atom stereocenters. The van der Waals surface area contributed by atoms with E-state index < -0.39 is 21.3 Å². The molecule has 1 aromatic rings. The van der Waals surface area contributed by atoms with Crippen molar-refractivity contribution in [3.05, 3.63) is 42.9 Å². The first-order chi connectivity index (χ1) is 7.34. The molecule has 1 rings (SSSR count). The van der Waals surface area contributed by atoms with Gasteiger partial charge in [0.1, 0.15) is 0 Å². The lowest BCUT2D eigenvalue weighted by Gasteiger charge is -2.06. The van der Waals surface area contributed by atoms with Crippen LogP contribution in [0.2, 0.25) is 0 Å². The third-order valence-corrected chi connectivity index (χ3v) is 2.00. The molecule has 0 aliphatic rings. The van der Waals surface area contributed by atoms with E-state index in [0.717, 1.165) is 6.20 Å². The number of aromatic nitrogens is 1. The first-order valence-corrected chi connectivity index (χ1v) is 4.13. The van der Waals surface area contributed by atoms with Gasteiger partial charge in [0.25, 0.3) is 0 Å². The van der Waals surface area contributed by atoms with Gasteiger partial charge in [-0.25, -0.2) is 10.1 Å². The molecule has 0 aliphatic carbocycles. The second-order valence-corrected chi connectivity index (χ2v) is 3.07. The molecule has 0 bridgehead atoms. The lowest BCUT2D eigenvalue weighted by molar-refractivity contribution is -0.613. The minimum atomic E-state index is -0.950. The van der Waals surface area contributed by atoms with Crippen LogP contribution < -0.4 is 10.2 Å². The van der Waals surface area contributed by atoms with E-state index in [1.54, 1.807) is 5.43 Å². The molecular formula is C7H8N4O5. The number of nitrogens with zero attached hydrogens (tertiary/aromatic N) is 3. The first kappa shape index (κ1) is 11.6. The number of hydrogen-bond donors (Lipinski definition) is 1. The van der Waals surface area contributed by atoms with Gasteiger partial charge in [0.2, 0.25) is 11.4 Å². The second-order valence-electron chi connectivity index (χ2n) is 3.07. The smallest absolute Gasteiger partial charge is 0.313 e.